The van der Waals surface area contributed by atoms with Crippen LogP contribution in [0.25, 0.3) is 11.4 Å². The molecule has 0 spiro atoms. The molecule has 0 aliphatic heterocycles. The SMILES string of the molecule is Cc1cccc(-c2nnnn2CCC2CC2)c1N. The van der Waals surface area contributed by atoms with Crippen LogP contribution in [0, 0.1) is 12.8 Å². The largest absolute Gasteiger partial charge is 0.398 e. The predicted molar refractivity (Wildman–Crippen MR) is 69.7 cm³/mol. The lowest BCUT2D eigenvalue weighted by molar-refractivity contribution is 0.535. The molecule has 0 amide bonds. The van der Waals surface area contributed by atoms with E-state index in [1.165, 1.54) is 12.8 Å². The van der Waals surface area contributed by atoms with Crippen molar-refractivity contribution in [3.05, 3.63) is 23.8 Å². The predicted octanol–water partition coefficient (Wildman–Crippen LogP) is 2.03. The lowest BCUT2D eigenvalue weighted by Crippen LogP contribution is -2.05. The fourth-order valence-corrected chi connectivity index (χ4v) is 2.14. The zero-order valence-corrected chi connectivity index (χ0v) is 10.5. The van der Waals surface area contributed by atoms with E-state index < -0.39 is 0 Å². The van der Waals surface area contributed by atoms with Gasteiger partial charge in [0, 0.05) is 17.8 Å². The molecule has 0 atom stereocenters. The van der Waals surface area contributed by atoms with E-state index in [0.717, 1.165) is 41.5 Å². The molecule has 18 heavy (non-hydrogen) atoms. The van der Waals surface area contributed by atoms with E-state index in [0.29, 0.717) is 0 Å². The quantitative estimate of drug-likeness (QED) is 0.834. The van der Waals surface area contributed by atoms with Crippen LogP contribution in [0.1, 0.15) is 24.8 Å². The van der Waals surface area contributed by atoms with Gasteiger partial charge in [-0.15, -0.1) is 5.10 Å². The summed E-state index contributed by atoms with van der Waals surface area (Å²) in [5.41, 5.74) is 8.85. The van der Waals surface area contributed by atoms with Crippen LogP contribution < -0.4 is 5.73 Å². The van der Waals surface area contributed by atoms with Crippen LogP contribution in [0.5, 0.6) is 0 Å². The summed E-state index contributed by atoms with van der Waals surface area (Å²) in [6, 6.07) is 5.96. The van der Waals surface area contributed by atoms with Gasteiger partial charge >= 0.3 is 0 Å². The maximum atomic E-state index is 6.10. The number of aromatic nitrogens is 4. The van der Waals surface area contributed by atoms with Crippen LogP contribution in [0.15, 0.2) is 18.2 Å². The molecule has 1 fully saturated rings. The van der Waals surface area contributed by atoms with E-state index >= 15 is 0 Å². The first kappa shape index (κ1) is 11.2. The highest BCUT2D eigenvalue weighted by molar-refractivity contribution is 5.73. The fourth-order valence-electron chi connectivity index (χ4n) is 2.14. The molecule has 2 N–H and O–H groups in total. The van der Waals surface area contributed by atoms with Crippen LogP contribution in [0.2, 0.25) is 0 Å². The molecule has 5 heteroatoms. The lowest BCUT2D eigenvalue weighted by atomic mass is 10.1. The van der Waals surface area contributed by atoms with Crippen molar-refractivity contribution in [2.75, 3.05) is 5.73 Å². The Bertz CT molecular complexity index is 556. The number of nitrogens with two attached hydrogens (primary N) is 1. The molecule has 1 aliphatic rings. The highest BCUT2D eigenvalue weighted by atomic mass is 15.5. The average molecular weight is 243 g/mol. The van der Waals surface area contributed by atoms with Crippen molar-refractivity contribution >= 4 is 5.69 Å². The van der Waals surface area contributed by atoms with Crippen molar-refractivity contribution in [1.82, 2.24) is 20.2 Å². The number of anilines is 1. The Kier molecular flexibility index (Phi) is 2.74. The highest BCUT2D eigenvalue weighted by Gasteiger charge is 2.22. The topological polar surface area (TPSA) is 69.6 Å². The Labute approximate surface area is 106 Å². The van der Waals surface area contributed by atoms with Crippen molar-refractivity contribution in [3.63, 3.8) is 0 Å². The van der Waals surface area contributed by atoms with Crippen LogP contribution in [-0.4, -0.2) is 20.2 Å². The van der Waals surface area contributed by atoms with E-state index in [1.807, 2.05) is 29.8 Å². The molecule has 1 saturated carbocycles. The van der Waals surface area contributed by atoms with Crippen LogP contribution in [-0.2, 0) is 6.54 Å². The number of tetrazole rings is 1. The average Bonchev–Trinajstić information content (AvgIpc) is 3.08. The molecule has 94 valence electrons. The summed E-state index contributed by atoms with van der Waals surface area (Å²) >= 11 is 0. The molecule has 1 aromatic heterocycles. The maximum Gasteiger partial charge on any atom is 0.184 e. The van der Waals surface area contributed by atoms with Crippen LogP contribution in [0.4, 0.5) is 5.69 Å². The van der Waals surface area contributed by atoms with Gasteiger partial charge in [-0.1, -0.05) is 25.0 Å². The second kappa shape index (κ2) is 4.40. The molecule has 5 nitrogen and oxygen atoms in total. The Morgan fingerprint density at radius 1 is 1.39 bits per heavy atom. The molecule has 3 rings (SSSR count). The van der Waals surface area contributed by atoms with Crippen molar-refractivity contribution in [2.24, 2.45) is 5.92 Å². The molecular weight excluding hydrogens is 226 g/mol. The van der Waals surface area contributed by atoms with Crippen molar-refractivity contribution in [1.29, 1.82) is 0 Å². The second-order valence-electron chi connectivity index (χ2n) is 4.99. The van der Waals surface area contributed by atoms with Gasteiger partial charge in [0.25, 0.3) is 0 Å². The van der Waals surface area contributed by atoms with Gasteiger partial charge in [-0.2, -0.15) is 0 Å². The number of nitrogens with zero attached hydrogens (tertiary/aromatic N) is 4. The molecule has 2 aromatic rings. The van der Waals surface area contributed by atoms with E-state index in [2.05, 4.69) is 15.5 Å². The zero-order chi connectivity index (χ0) is 12.5. The number of benzene rings is 1. The molecule has 1 heterocycles. The van der Waals surface area contributed by atoms with E-state index in [4.69, 9.17) is 5.73 Å². The van der Waals surface area contributed by atoms with E-state index in [-0.39, 0.29) is 0 Å². The van der Waals surface area contributed by atoms with Crippen molar-refractivity contribution in [3.8, 4) is 11.4 Å². The van der Waals surface area contributed by atoms with Gasteiger partial charge in [-0.05, 0) is 41.3 Å². The highest BCUT2D eigenvalue weighted by Crippen LogP contribution is 2.33. The number of para-hydroxylation sites is 1. The third-order valence-corrected chi connectivity index (χ3v) is 3.54. The third-order valence-electron chi connectivity index (χ3n) is 3.54. The van der Waals surface area contributed by atoms with Gasteiger partial charge in [0.15, 0.2) is 5.82 Å². The fraction of sp³-hybridized carbons (Fsp3) is 0.462. The van der Waals surface area contributed by atoms with Gasteiger partial charge in [-0.3, -0.25) is 0 Å². The molecule has 1 aromatic carbocycles. The van der Waals surface area contributed by atoms with Crippen molar-refractivity contribution in [2.45, 2.75) is 32.7 Å². The van der Waals surface area contributed by atoms with Crippen LogP contribution >= 0.6 is 0 Å². The summed E-state index contributed by atoms with van der Waals surface area (Å²) in [5, 5.41) is 11.9. The molecule has 0 radical (unpaired) electrons. The minimum Gasteiger partial charge on any atom is -0.398 e. The van der Waals surface area contributed by atoms with Crippen molar-refractivity contribution < 1.29 is 0 Å². The number of nitrogen functional groups attached to an aromatic ring is 1. The Morgan fingerprint density at radius 3 is 3.00 bits per heavy atom. The van der Waals surface area contributed by atoms with Gasteiger partial charge in [0.1, 0.15) is 0 Å². The molecule has 0 bridgehead atoms. The van der Waals surface area contributed by atoms with Gasteiger partial charge in [-0.25, -0.2) is 4.68 Å². The Balaban J connectivity index is 1.90. The first-order valence-corrected chi connectivity index (χ1v) is 6.37. The standard InChI is InChI=1S/C13H17N5/c1-9-3-2-4-11(12(9)14)13-15-16-17-18(13)8-7-10-5-6-10/h2-4,10H,5-8,14H2,1H3. The monoisotopic (exact) mass is 243 g/mol. The third kappa shape index (κ3) is 2.08. The number of aryl methyl sites for hydroxylation is 2. The molecular formula is C13H17N5. The smallest absolute Gasteiger partial charge is 0.184 e. The summed E-state index contributed by atoms with van der Waals surface area (Å²) < 4.78 is 1.86. The van der Waals surface area contributed by atoms with Gasteiger partial charge < -0.3 is 5.73 Å². The summed E-state index contributed by atoms with van der Waals surface area (Å²) in [6.45, 7) is 2.87. The van der Waals surface area contributed by atoms with Gasteiger partial charge in [0.2, 0.25) is 0 Å². The number of rotatable bonds is 4. The second-order valence-corrected chi connectivity index (χ2v) is 4.99. The minimum absolute atomic E-state index is 0.764. The summed E-state index contributed by atoms with van der Waals surface area (Å²) in [7, 11) is 0. The van der Waals surface area contributed by atoms with Gasteiger partial charge in [0.05, 0.1) is 0 Å². The molecule has 0 unspecified atom stereocenters. The normalized spacial score (nSPS) is 14.9. The molecule has 0 saturated heterocycles. The number of hydrogen-bond donors (Lipinski definition) is 1. The van der Waals surface area contributed by atoms with E-state index in [9.17, 15) is 0 Å². The molecule has 1 aliphatic carbocycles. The first-order chi connectivity index (χ1) is 8.75. The van der Waals surface area contributed by atoms with Crippen LogP contribution in [0.3, 0.4) is 0 Å². The minimum atomic E-state index is 0.764. The Morgan fingerprint density at radius 2 is 2.22 bits per heavy atom. The lowest BCUT2D eigenvalue weighted by Gasteiger charge is -2.08. The summed E-state index contributed by atoms with van der Waals surface area (Å²) in [5.74, 6) is 1.65. The maximum absolute atomic E-state index is 6.10. The zero-order valence-electron chi connectivity index (χ0n) is 10.5. The van der Waals surface area contributed by atoms with E-state index in [1.54, 1.807) is 0 Å². The Hall–Kier alpha value is -1.91. The number of hydrogen-bond acceptors (Lipinski definition) is 4. The summed E-state index contributed by atoms with van der Waals surface area (Å²) in [6.07, 6.45) is 3.86. The summed E-state index contributed by atoms with van der Waals surface area (Å²) in [4.78, 5) is 0. The first-order valence-electron chi connectivity index (χ1n) is 6.37.